The minimum atomic E-state index is -0.552. The number of hydrogen-bond donors (Lipinski definition) is 2. The normalized spacial score (nSPS) is 21.2. The number of carbonyl (C=O) groups excluding carboxylic acids is 2. The van der Waals surface area contributed by atoms with Gasteiger partial charge in [-0.15, -0.1) is 0 Å². The van der Waals surface area contributed by atoms with Gasteiger partial charge in [0, 0.05) is 43.2 Å². The van der Waals surface area contributed by atoms with Crippen LogP contribution in [0.1, 0.15) is 31.2 Å². The van der Waals surface area contributed by atoms with Gasteiger partial charge in [0.25, 0.3) is 0 Å². The Morgan fingerprint density at radius 3 is 2.81 bits per heavy atom. The molecule has 2 atom stereocenters. The highest BCUT2D eigenvalue weighted by Crippen LogP contribution is 2.21. The second-order valence-corrected chi connectivity index (χ2v) is 7.16. The third-order valence-corrected chi connectivity index (χ3v) is 5.35. The number of rotatable bonds is 5. The van der Waals surface area contributed by atoms with E-state index in [0.717, 1.165) is 55.2 Å². The number of likely N-dealkylation sites (tertiary alicyclic amines) is 1. The number of aromatic amines is 1. The van der Waals surface area contributed by atoms with Crippen molar-refractivity contribution in [2.24, 2.45) is 0 Å². The third-order valence-electron chi connectivity index (χ3n) is 5.35. The lowest BCUT2D eigenvalue weighted by atomic mass is 10.0. The van der Waals surface area contributed by atoms with E-state index in [9.17, 15) is 9.59 Å². The number of nitrogens with one attached hydrogen (secondary N) is 2. The summed E-state index contributed by atoms with van der Waals surface area (Å²) in [6, 6.07) is 7.47. The molecule has 0 radical (unpaired) electrons. The van der Waals surface area contributed by atoms with E-state index in [0.29, 0.717) is 13.0 Å². The predicted molar refractivity (Wildman–Crippen MR) is 98.7 cm³/mol. The zero-order valence-electron chi connectivity index (χ0n) is 14.9. The number of fused-ring (bicyclic) bond motifs is 1. The second kappa shape index (κ2) is 7.50. The van der Waals surface area contributed by atoms with E-state index in [1.807, 2.05) is 35.4 Å². The molecule has 6 nitrogen and oxygen atoms in total. The summed E-state index contributed by atoms with van der Waals surface area (Å²) in [6.45, 7) is 2.17. The smallest absolute Gasteiger partial charge is 0.249 e. The van der Waals surface area contributed by atoms with Gasteiger partial charge in [-0.05, 0) is 37.3 Å². The molecule has 2 aliphatic rings. The summed E-state index contributed by atoms with van der Waals surface area (Å²) >= 11 is 0. The first-order chi connectivity index (χ1) is 12.7. The Morgan fingerprint density at radius 1 is 1.23 bits per heavy atom. The number of benzene rings is 1. The van der Waals surface area contributed by atoms with Gasteiger partial charge in [-0.25, -0.2) is 0 Å². The third kappa shape index (κ3) is 3.46. The van der Waals surface area contributed by atoms with Crippen molar-refractivity contribution in [3.63, 3.8) is 0 Å². The Bertz CT molecular complexity index is 788. The fourth-order valence-corrected chi connectivity index (χ4v) is 3.93. The molecule has 6 heteroatoms. The molecule has 0 saturated carbocycles. The van der Waals surface area contributed by atoms with Crippen molar-refractivity contribution >= 4 is 22.7 Å². The number of H-pyrrole nitrogens is 1. The van der Waals surface area contributed by atoms with Gasteiger partial charge in [-0.3, -0.25) is 9.59 Å². The van der Waals surface area contributed by atoms with Crippen LogP contribution >= 0.6 is 0 Å². The Morgan fingerprint density at radius 2 is 2.04 bits per heavy atom. The van der Waals surface area contributed by atoms with Crippen LogP contribution in [0.4, 0.5) is 0 Å². The van der Waals surface area contributed by atoms with Crippen LogP contribution in [0, 0.1) is 0 Å². The van der Waals surface area contributed by atoms with Crippen molar-refractivity contribution in [2.45, 2.75) is 44.2 Å². The topological polar surface area (TPSA) is 74.4 Å². The molecule has 4 rings (SSSR count). The molecule has 0 spiro atoms. The van der Waals surface area contributed by atoms with Crippen molar-refractivity contribution in [3.05, 3.63) is 36.0 Å². The van der Waals surface area contributed by atoms with Gasteiger partial charge >= 0.3 is 0 Å². The summed E-state index contributed by atoms with van der Waals surface area (Å²) in [5.41, 5.74) is 2.09. The molecule has 1 aromatic heterocycles. The summed E-state index contributed by atoms with van der Waals surface area (Å²) in [6.07, 6.45) is 5.68. The molecule has 1 unspecified atom stereocenters. The highest BCUT2D eigenvalue weighted by molar-refractivity contribution is 5.91. The van der Waals surface area contributed by atoms with Crippen LogP contribution in [0.2, 0.25) is 0 Å². The van der Waals surface area contributed by atoms with E-state index in [1.165, 1.54) is 0 Å². The van der Waals surface area contributed by atoms with Crippen molar-refractivity contribution < 1.29 is 14.3 Å². The molecule has 3 heterocycles. The van der Waals surface area contributed by atoms with Crippen LogP contribution < -0.4 is 5.32 Å². The van der Waals surface area contributed by atoms with Crippen molar-refractivity contribution in [1.82, 2.24) is 15.2 Å². The molecule has 26 heavy (non-hydrogen) atoms. The number of ether oxygens (including phenoxy) is 1. The molecule has 0 aliphatic carbocycles. The molecule has 2 fully saturated rings. The standard InChI is InChI=1S/C20H25N3O3/c24-19(18-8-5-11-26-18)22-17(20(25)23-9-3-4-10-23)12-14-13-21-16-7-2-1-6-15(14)16/h1-2,6-7,13,17-18,21H,3-5,8-12H2,(H,22,24)/t17-,18?/m1/s1. The zero-order chi connectivity index (χ0) is 17.9. The lowest BCUT2D eigenvalue weighted by Crippen LogP contribution is -2.51. The van der Waals surface area contributed by atoms with Crippen LogP contribution in [0.15, 0.2) is 30.5 Å². The lowest BCUT2D eigenvalue weighted by Gasteiger charge is -2.25. The van der Waals surface area contributed by atoms with E-state index >= 15 is 0 Å². The maximum absolute atomic E-state index is 13.0. The van der Waals surface area contributed by atoms with E-state index in [4.69, 9.17) is 4.74 Å². The zero-order valence-corrected chi connectivity index (χ0v) is 14.9. The van der Waals surface area contributed by atoms with Gasteiger partial charge in [0.2, 0.25) is 11.8 Å². The molecule has 1 aromatic carbocycles. The van der Waals surface area contributed by atoms with Gasteiger partial charge < -0.3 is 19.9 Å². The largest absolute Gasteiger partial charge is 0.368 e. The minimum Gasteiger partial charge on any atom is -0.368 e. The molecule has 0 bridgehead atoms. The Hall–Kier alpha value is -2.34. The fraction of sp³-hybridized carbons (Fsp3) is 0.500. The average Bonchev–Trinajstić information content (AvgIpc) is 3.41. The first kappa shape index (κ1) is 17.1. The van der Waals surface area contributed by atoms with Crippen LogP contribution in [0.3, 0.4) is 0 Å². The van der Waals surface area contributed by atoms with E-state index in [2.05, 4.69) is 10.3 Å². The van der Waals surface area contributed by atoms with E-state index < -0.39 is 12.1 Å². The minimum absolute atomic E-state index is 0.0131. The summed E-state index contributed by atoms with van der Waals surface area (Å²) in [4.78, 5) is 30.7. The first-order valence-electron chi connectivity index (χ1n) is 9.48. The molecule has 2 N–H and O–H groups in total. The Balaban J connectivity index is 1.54. The number of hydrogen-bond acceptors (Lipinski definition) is 3. The van der Waals surface area contributed by atoms with E-state index in [1.54, 1.807) is 0 Å². The highest BCUT2D eigenvalue weighted by Gasteiger charge is 2.32. The molecule has 2 saturated heterocycles. The quantitative estimate of drug-likeness (QED) is 0.861. The molecular formula is C20H25N3O3. The van der Waals surface area contributed by atoms with Gasteiger partial charge in [0.05, 0.1) is 0 Å². The Kier molecular flexibility index (Phi) is 4.93. The monoisotopic (exact) mass is 355 g/mol. The first-order valence-corrected chi connectivity index (χ1v) is 9.48. The van der Waals surface area contributed by atoms with Gasteiger partial charge in [0.15, 0.2) is 0 Å². The highest BCUT2D eigenvalue weighted by atomic mass is 16.5. The summed E-state index contributed by atoms with van der Waals surface area (Å²) in [5.74, 6) is -0.154. The number of aromatic nitrogens is 1. The Labute approximate surface area is 152 Å². The molecule has 2 amide bonds. The lowest BCUT2D eigenvalue weighted by molar-refractivity contribution is -0.138. The SMILES string of the molecule is O=C(N[C@H](Cc1c[nH]c2ccccc12)C(=O)N1CCCC1)C1CCCO1. The van der Waals surface area contributed by atoms with Crippen LogP contribution in [0.5, 0.6) is 0 Å². The van der Waals surface area contributed by atoms with Crippen LogP contribution in [0.25, 0.3) is 10.9 Å². The molecule has 2 aromatic rings. The van der Waals surface area contributed by atoms with Crippen molar-refractivity contribution in [3.8, 4) is 0 Å². The number of para-hydroxylation sites is 1. The maximum Gasteiger partial charge on any atom is 0.249 e. The van der Waals surface area contributed by atoms with Crippen molar-refractivity contribution in [1.29, 1.82) is 0 Å². The molecular weight excluding hydrogens is 330 g/mol. The van der Waals surface area contributed by atoms with Crippen molar-refractivity contribution in [2.75, 3.05) is 19.7 Å². The van der Waals surface area contributed by atoms with Gasteiger partial charge in [-0.2, -0.15) is 0 Å². The molecule has 2 aliphatic heterocycles. The predicted octanol–water partition coefficient (Wildman–Crippen LogP) is 2.00. The van der Waals surface area contributed by atoms with Crippen LogP contribution in [-0.4, -0.2) is 53.5 Å². The average molecular weight is 355 g/mol. The van der Waals surface area contributed by atoms with E-state index in [-0.39, 0.29) is 11.8 Å². The van der Waals surface area contributed by atoms with Crippen LogP contribution in [-0.2, 0) is 20.7 Å². The summed E-state index contributed by atoms with van der Waals surface area (Å²) in [5, 5.41) is 4.07. The van der Waals surface area contributed by atoms with Gasteiger partial charge in [0.1, 0.15) is 12.1 Å². The number of nitrogens with zero attached hydrogens (tertiary/aromatic N) is 1. The molecule has 138 valence electrons. The number of amides is 2. The summed E-state index contributed by atoms with van der Waals surface area (Å²) < 4.78 is 5.48. The fourth-order valence-electron chi connectivity index (χ4n) is 3.93. The van der Waals surface area contributed by atoms with Gasteiger partial charge in [-0.1, -0.05) is 18.2 Å². The maximum atomic E-state index is 13.0. The second-order valence-electron chi connectivity index (χ2n) is 7.16. The number of carbonyl (C=O) groups is 2. The summed E-state index contributed by atoms with van der Waals surface area (Å²) in [7, 11) is 0.